The number of aliphatic hydroxyl groups excluding tert-OH is 2. The number of hydrogen-bond acceptors (Lipinski definition) is 14. The maximum atomic E-state index is 12.7. The highest BCUT2D eigenvalue weighted by Crippen LogP contribution is 2.24. The molecule has 0 saturated heterocycles. The number of hydrogen-bond donors (Lipinski definition) is 8. The van der Waals surface area contributed by atoms with Crippen molar-refractivity contribution in [1.82, 2.24) is 21.6 Å². The average molecular weight is 801 g/mol. The number of methoxy groups -OCH3 is 2. The molecule has 4 aromatic rings. The summed E-state index contributed by atoms with van der Waals surface area (Å²) in [4.78, 5) is 59.0. The minimum Gasteiger partial charge on any atom is -0.507 e. The summed E-state index contributed by atoms with van der Waals surface area (Å²) in [5.41, 5.74) is 5.87. The van der Waals surface area contributed by atoms with Crippen molar-refractivity contribution in [3.05, 3.63) is 130 Å². The van der Waals surface area contributed by atoms with E-state index in [2.05, 4.69) is 20.3 Å². The third-order valence-electron chi connectivity index (χ3n) is 8.87. The first-order chi connectivity index (χ1) is 27.8. The third kappa shape index (κ3) is 13.6. The molecular formula is C42H48N4O12. The van der Waals surface area contributed by atoms with Gasteiger partial charge in [-0.3, -0.25) is 9.59 Å². The van der Waals surface area contributed by atoms with Gasteiger partial charge >= 0.3 is 11.9 Å². The monoisotopic (exact) mass is 800 g/mol. The molecule has 0 bridgehead atoms. The van der Waals surface area contributed by atoms with Crippen LogP contribution in [-0.2, 0) is 32.1 Å². The third-order valence-corrected chi connectivity index (χ3v) is 8.87. The van der Waals surface area contributed by atoms with Crippen LogP contribution in [0.1, 0.15) is 69.0 Å². The fraction of sp³-hybridized carbons (Fsp3) is 0.286. The van der Waals surface area contributed by atoms with E-state index in [4.69, 9.17) is 9.47 Å². The second-order valence-electron chi connectivity index (χ2n) is 13.3. The zero-order chi connectivity index (χ0) is 42.2. The van der Waals surface area contributed by atoms with E-state index in [1.807, 2.05) is 73.3 Å². The zero-order valence-corrected chi connectivity index (χ0v) is 32.4. The predicted molar refractivity (Wildman–Crippen MR) is 211 cm³/mol. The number of ether oxygens (including phenoxy) is 2. The summed E-state index contributed by atoms with van der Waals surface area (Å²) in [5.74, 6) is -3.86. The van der Waals surface area contributed by atoms with Gasteiger partial charge in [0.25, 0.3) is 11.8 Å². The lowest BCUT2D eigenvalue weighted by Gasteiger charge is -2.18. The first-order valence-corrected chi connectivity index (χ1v) is 18.2. The number of aliphatic hydroxyl groups is 2. The minimum absolute atomic E-state index is 0.00521. The second kappa shape index (κ2) is 21.7. The van der Waals surface area contributed by atoms with Crippen LogP contribution in [-0.4, -0.2) is 83.6 Å². The molecule has 0 aliphatic heterocycles. The highest BCUT2D eigenvalue weighted by Gasteiger charge is 2.19. The van der Waals surface area contributed by atoms with Crippen LogP contribution in [0.25, 0.3) is 0 Å². The average Bonchev–Trinajstić information content (AvgIpc) is 3.23. The van der Waals surface area contributed by atoms with Crippen molar-refractivity contribution in [3.63, 3.8) is 0 Å². The van der Waals surface area contributed by atoms with Crippen molar-refractivity contribution in [3.8, 4) is 23.0 Å². The van der Waals surface area contributed by atoms with Crippen molar-refractivity contribution in [2.75, 3.05) is 27.3 Å². The fourth-order valence-electron chi connectivity index (χ4n) is 5.63. The zero-order valence-electron chi connectivity index (χ0n) is 32.4. The highest BCUT2D eigenvalue weighted by molar-refractivity contribution is 5.99. The quantitative estimate of drug-likeness (QED) is 0.0533. The molecule has 0 aliphatic carbocycles. The molecule has 0 radical (unpaired) electrons. The molecule has 16 nitrogen and oxygen atoms in total. The minimum atomic E-state index is -1.21. The molecule has 0 fully saturated rings. The first kappa shape index (κ1) is 44.3. The Morgan fingerprint density at radius 1 is 0.586 bits per heavy atom. The second-order valence-corrected chi connectivity index (χ2v) is 13.3. The van der Waals surface area contributed by atoms with Crippen molar-refractivity contribution in [2.24, 2.45) is 0 Å². The van der Waals surface area contributed by atoms with Crippen LogP contribution in [0.4, 0.5) is 0 Å². The van der Waals surface area contributed by atoms with Gasteiger partial charge in [0.1, 0.15) is 23.0 Å². The van der Waals surface area contributed by atoms with Crippen molar-refractivity contribution in [1.29, 1.82) is 0 Å². The summed E-state index contributed by atoms with van der Waals surface area (Å²) in [6.07, 6.45) is 0.478. The molecule has 58 heavy (non-hydrogen) atoms. The van der Waals surface area contributed by atoms with Gasteiger partial charge in [-0.2, -0.15) is 11.0 Å². The number of rotatable bonds is 18. The van der Waals surface area contributed by atoms with E-state index < -0.39 is 47.5 Å². The first-order valence-electron chi connectivity index (χ1n) is 18.2. The summed E-state index contributed by atoms with van der Waals surface area (Å²) in [6.45, 7) is 4.19. The fourth-order valence-corrected chi connectivity index (χ4v) is 5.63. The number of carbonyl (C=O) groups excluding carboxylic acids is 4. The van der Waals surface area contributed by atoms with E-state index in [1.54, 1.807) is 14.2 Å². The molecule has 0 saturated carbocycles. The van der Waals surface area contributed by atoms with E-state index in [0.29, 0.717) is 36.1 Å². The Morgan fingerprint density at radius 3 is 1.29 bits per heavy atom. The molecule has 4 unspecified atom stereocenters. The summed E-state index contributed by atoms with van der Waals surface area (Å²) in [7, 11) is 3.18. The lowest BCUT2D eigenvalue weighted by atomic mass is 10.0. The molecule has 0 aromatic heterocycles. The lowest BCUT2D eigenvalue weighted by molar-refractivity contribution is -0.145. The summed E-state index contributed by atoms with van der Waals surface area (Å²) < 4.78 is 10.4. The van der Waals surface area contributed by atoms with Gasteiger partial charge in [0.2, 0.25) is 0 Å². The SMILES string of the molecule is COc1ccc(CC(C)NCC(O)c2ccc(O)c(C(=O)NOC(=O)/C=C/C(=O)ONC(=O)c3cc(C(O)CNC(C)Cc4ccc(OC)cc4)ccc3O)c2)cc1. The topological polar surface area (TPSA) is 234 Å². The molecule has 0 aliphatic rings. The number of amides is 2. The predicted octanol–water partition coefficient (Wildman–Crippen LogP) is 3.26. The molecule has 0 spiro atoms. The van der Waals surface area contributed by atoms with Gasteiger partial charge in [0, 0.05) is 37.3 Å². The highest BCUT2D eigenvalue weighted by atomic mass is 16.7. The standard InChI is InChI=1S/C42H48N4O12/c1-25(19-27-5-11-31(55-3)12-6-27)43-23-37(49)29-9-15-35(47)33(21-29)41(53)45-57-39(51)17-18-40(52)58-46-42(54)34-22-30(10-16-36(34)48)38(50)24-44-26(2)20-28-7-13-32(56-4)14-8-28/h5-18,21-22,25-26,37-38,43-44,47-50H,19-20,23-24H2,1-4H3,(H,45,53)(H,46,54)/b18-17+. The number of hydroxylamine groups is 2. The summed E-state index contributed by atoms with van der Waals surface area (Å²) in [6, 6.07) is 23.0. The van der Waals surface area contributed by atoms with Crippen LogP contribution >= 0.6 is 0 Å². The van der Waals surface area contributed by atoms with Gasteiger partial charge in [-0.15, -0.1) is 0 Å². The Bertz CT molecular complexity index is 1890. The van der Waals surface area contributed by atoms with Crippen LogP contribution < -0.4 is 31.1 Å². The van der Waals surface area contributed by atoms with Crippen LogP contribution in [0.5, 0.6) is 23.0 Å². The van der Waals surface area contributed by atoms with Crippen LogP contribution in [0.3, 0.4) is 0 Å². The number of phenols is 2. The molecule has 4 aromatic carbocycles. The molecule has 8 N–H and O–H groups in total. The van der Waals surface area contributed by atoms with Crippen LogP contribution in [0, 0.1) is 0 Å². The normalized spacial score (nSPS) is 13.1. The molecule has 16 heteroatoms. The summed E-state index contributed by atoms with van der Waals surface area (Å²) in [5, 5.41) is 48.4. The number of carbonyl (C=O) groups is 4. The van der Waals surface area contributed by atoms with Gasteiger partial charge < -0.3 is 50.2 Å². The van der Waals surface area contributed by atoms with Gasteiger partial charge in [-0.05, 0) is 97.5 Å². The number of benzene rings is 4. The van der Waals surface area contributed by atoms with Crippen molar-refractivity contribution in [2.45, 2.75) is 51.0 Å². The number of aromatic hydroxyl groups is 2. The molecular weight excluding hydrogens is 752 g/mol. The molecule has 4 atom stereocenters. The molecule has 2 amide bonds. The van der Waals surface area contributed by atoms with Crippen molar-refractivity contribution < 1.29 is 58.8 Å². The molecule has 0 heterocycles. The van der Waals surface area contributed by atoms with Gasteiger partial charge in [0.05, 0.1) is 37.6 Å². The molecule has 308 valence electrons. The largest absolute Gasteiger partial charge is 0.507 e. The van der Waals surface area contributed by atoms with Crippen LogP contribution in [0.15, 0.2) is 97.1 Å². The Morgan fingerprint density at radius 2 is 0.948 bits per heavy atom. The lowest BCUT2D eigenvalue weighted by Crippen LogP contribution is -2.32. The van der Waals surface area contributed by atoms with E-state index in [9.17, 15) is 39.6 Å². The Balaban J connectivity index is 1.20. The van der Waals surface area contributed by atoms with E-state index in [1.165, 1.54) is 36.4 Å². The number of phenolic OH excluding ortho intramolecular Hbond substituents is 2. The maximum absolute atomic E-state index is 12.7. The van der Waals surface area contributed by atoms with Crippen LogP contribution in [0.2, 0.25) is 0 Å². The van der Waals surface area contributed by atoms with Gasteiger partial charge in [-0.1, -0.05) is 36.4 Å². The Hall–Kier alpha value is -6.46. The molecule has 4 rings (SSSR count). The van der Waals surface area contributed by atoms with E-state index >= 15 is 0 Å². The Kier molecular flexibility index (Phi) is 16.6. The number of nitrogens with one attached hydrogen (secondary N) is 4. The van der Waals surface area contributed by atoms with Gasteiger partial charge in [-0.25, -0.2) is 9.59 Å². The van der Waals surface area contributed by atoms with Gasteiger partial charge in [0.15, 0.2) is 0 Å². The Labute approximate surface area is 335 Å². The summed E-state index contributed by atoms with van der Waals surface area (Å²) >= 11 is 0. The maximum Gasteiger partial charge on any atom is 0.356 e. The van der Waals surface area contributed by atoms with E-state index in [0.717, 1.165) is 22.6 Å². The van der Waals surface area contributed by atoms with Crippen molar-refractivity contribution >= 4 is 23.8 Å². The van der Waals surface area contributed by atoms with E-state index in [-0.39, 0.29) is 36.3 Å². The smallest absolute Gasteiger partial charge is 0.356 e.